The van der Waals surface area contributed by atoms with Crippen LogP contribution in [0.2, 0.25) is 0 Å². The van der Waals surface area contributed by atoms with E-state index >= 15 is 0 Å². The van der Waals surface area contributed by atoms with Crippen molar-refractivity contribution in [2.45, 2.75) is 37.5 Å². The molecule has 2 rings (SSSR count). The fourth-order valence-corrected chi connectivity index (χ4v) is 1.84. The van der Waals surface area contributed by atoms with Crippen LogP contribution >= 0.6 is 0 Å². The highest BCUT2D eigenvalue weighted by Crippen LogP contribution is 2.40. The molecule has 0 radical (unpaired) electrons. The SMILES string of the molecule is O=C(N(Cc1ccc(F)cc1)C1CC1)C(F)(F)C(F)(F)F. The van der Waals surface area contributed by atoms with Crippen LogP contribution < -0.4 is 0 Å². The molecule has 1 saturated carbocycles. The molecule has 0 N–H and O–H groups in total. The number of rotatable bonds is 4. The van der Waals surface area contributed by atoms with Gasteiger partial charge in [-0.05, 0) is 30.5 Å². The van der Waals surface area contributed by atoms with Crippen LogP contribution in [0.5, 0.6) is 0 Å². The summed E-state index contributed by atoms with van der Waals surface area (Å²) in [5.41, 5.74) is 0.287. The summed E-state index contributed by atoms with van der Waals surface area (Å²) < 4.78 is 75.9. The molecule has 1 aliphatic rings. The van der Waals surface area contributed by atoms with E-state index < -0.39 is 36.4 Å². The van der Waals surface area contributed by atoms with Crippen LogP contribution in [0.4, 0.5) is 26.3 Å². The van der Waals surface area contributed by atoms with Crippen LogP contribution in [0.25, 0.3) is 0 Å². The molecule has 0 aromatic heterocycles. The zero-order valence-electron chi connectivity index (χ0n) is 10.6. The first-order chi connectivity index (χ1) is 9.63. The summed E-state index contributed by atoms with van der Waals surface area (Å²) in [6.07, 6.45) is -5.18. The number of carbonyl (C=O) groups excluding carboxylic acids is 1. The van der Waals surface area contributed by atoms with Gasteiger partial charge in [0.25, 0.3) is 0 Å². The summed E-state index contributed by atoms with van der Waals surface area (Å²) in [5.74, 6) is -8.25. The van der Waals surface area contributed by atoms with Gasteiger partial charge in [-0.1, -0.05) is 12.1 Å². The number of halogens is 6. The zero-order valence-corrected chi connectivity index (χ0v) is 10.6. The average molecular weight is 311 g/mol. The lowest BCUT2D eigenvalue weighted by atomic mass is 10.2. The van der Waals surface area contributed by atoms with Gasteiger partial charge in [0.2, 0.25) is 0 Å². The Kier molecular flexibility index (Phi) is 3.90. The lowest BCUT2D eigenvalue weighted by Gasteiger charge is -2.28. The Morgan fingerprint density at radius 2 is 1.62 bits per heavy atom. The summed E-state index contributed by atoms with van der Waals surface area (Å²) in [7, 11) is 0. The minimum absolute atomic E-state index is 0.287. The van der Waals surface area contributed by atoms with Gasteiger partial charge in [-0.15, -0.1) is 0 Å². The fourth-order valence-electron chi connectivity index (χ4n) is 1.84. The van der Waals surface area contributed by atoms with Gasteiger partial charge in [0.05, 0.1) is 0 Å². The monoisotopic (exact) mass is 311 g/mol. The van der Waals surface area contributed by atoms with Gasteiger partial charge in [-0.2, -0.15) is 22.0 Å². The van der Waals surface area contributed by atoms with Crippen molar-refractivity contribution in [1.82, 2.24) is 4.90 Å². The van der Waals surface area contributed by atoms with Gasteiger partial charge in [0.1, 0.15) is 5.82 Å². The number of alkyl halides is 5. The van der Waals surface area contributed by atoms with E-state index in [0.29, 0.717) is 17.7 Å². The number of amides is 1. The standard InChI is InChI=1S/C13H11F6NO/c14-9-3-1-8(2-4-9)7-20(10-5-6-10)11(21)12(15,16)13(17,18)19/h1-4,10H,5-7H2. The van der Waals surface area contributed by atoms with Crippen molar-refractivity contribution in [2.75, 3.05) is 0 Å². The van der Waals surface area contributed by atoms with Gasteiger partial charge >= 0.3 is 18.0 Å². The molecule has 21 heavy (non-hydrogen) atoms. The van der Waals surface area contributed by atoms with E-state index in [1.54, 1.807) is 0 Å². The van der Waals surface area contributed by atoms with Crippen LogP contribution in [0.15, 0.2) is 24.3 Å². The lowest BCUT2D eigenvalue weighted by molar-refractivity contribution is -0.275. The number of benzene rings is 1. The molecule has 0 unspecified atom stereocenters. The third-order valence-corrected chi connectivity index (χ3v) is 3.14. The molecule has 8 heteroatoms. The Labute approximate surface area is 116 Å². The topological polar surface area (TPSA) is 20.3 Å². The molecule has 1 fully saturated rings. The van der Waals surface area contributed by atoms with Crippen LogP contribution in [0.1, 0.15) is 18.4 Å². The van der Waals surface area contributed by atoms with Crippen molar-refractivity contribution in [3.8, 4) is 0 Å². The van der Waals surface area contributed by atoms with E-state index in [9.17, 15) is 31.1 Å². The molecule has 0 heterocycles. The molecule has 0 atom stereocenters. The fraction of sp³-hybridized carbons (Fsp3) is 0.462. The summed E-state index contributed by atoms with van der Waals surface area (Å²) in [6, 6.07) is 3.95. The molecule has 0 saturated heterocycles. The van der Waals surface area contributed by atoms with Crippen molar-refractivity contribution < 1.29 is 31.1 Å². The molecule has 0 aliphatic heterocycles. The van der Waals surface area contributed by atoms with Crippen molar-refractivity contribution in [3.63, 3.8) is 0 Å². The number of hydrogen-bond acceptors (Lipinski definition) is 1. The predicted octanol–water partition coefficient (Wildman–Crippen LogP) is 3.51. The van der Waals surface area contributed by atoms with E-state index in [4.69, 9.17) is 0 Å². The third kappa shape index (κ3) is 3.30. The molecule has 1 aliphatic carbocycles. The second kappa shape index (κ2) is 5.23. The van der Waals surface area contributed by atoms with Crippen LogP contribution in [0, 0.1) is 5.82 Å². The van der Waals surface area contributed by atoms with Gasteiger partial charge in [-0.3, -0.25) is 4.79 Å². The Morgan fingerprint density at radius 1 is 1.10 bits per heavy atom. The lowest BCUT2D eigenvalue weighted by Crippen LogP contribution is -2.52. The van der Waals surface area contributed by atoms with E-state index in [1.807, 2.05) is 0 Å². The van der Waals surface area contributed by atoms with Gasteiger partial charge < -0.3 is 4.90 Å². The first kappa shape index (κ1) is 15.7. The summed E-state index contributed by atoms with van der Waals surface area (Å²) in [6.45, 7) is -0.407. The summed E-state index contributed by atoms with van der Waals surface area (Å²) in [5, 5.41) is 0. The maximum Gasteiger partial charge on any atom is 0.463 e. The molecule has 1 aromatic carbocycles. The Balaban J connectivity index is 2.19. The highest BCUT2D eigenvalue weighted by atomic mass is 19.4. The first-order valence-corrected chi connectivity index (χ1v) is 6.13. The van der Waals surface area contributed by atoms with E-state index in [-0.39, 0.29) is 5.56 Å². The van der Waals surface area contributed by atoms with Crippen molar-refractivity contribution in [2.24, 2.45) is 0 Å². The van der Waals surface area contributed by atoms with Gasteiger partial charge in [0.15, 0.2) is 0 Å². The Bertz CT molecular complexity index is 520. The molecular formula is C13H11F6NO. The van der Waals surface area contributed by atoms with Crippen molar-refractivity contribution in [1.29, 1.82) is 0 Å². The normalized spacial score (nSPS) is 15.9. The van der Waals surface area contributed by atoms with Crippen molar-refractivity contribution in [3.05, 3.63) is 35.6 Å². The second-order valence-corrected chi connectivity index (χ2v) is 4.86. The molecular weight excluding hydrogens is 300 g/mol. The van der Waals surface area contributed by atoms with Gasteiger partial charge in [-0.25, -0.2) is 4.39 Å². The smallest absolute Gasteiger partial charge is 0.330 e. The Hall–Kier alpha value is -1.73. The number of hydrogen-bond donors (Lipinski definition) is 0. The average Bonchev–Trinajstić information content (AvgIpc) is 3.20. The molecule has 1 amide bonds. The summed E-state index contributed by atoms with van der Waals surface area (Å²) >= 11 is 0. The molecule has 1 aromatic rings. The minimum Gasteiger partial charge on any atom is -0.330 e. The van der Waals surface area contributed by atoms with E-state index in [2.05, 4.69) is 0 Å². The predicted molar refractivity (Wildman–Crippen MR) is 61.0 cm³/mol. The largest absolute Gasteiger partial charge is 0.463 e. The minimum atomic E-state index is -5.93. The molecule has 2 nitrogen and oxygen atoms in total. The van der Waals surface area contributed by atoms with E-state index in [1.165, 1.54) is 12.1 Å². The quantitative estimate of drug-likeness (QED) is 0.779. The van der Waals surface area contributed by atoms with Crippen LogP contribution in [-0.4, -0.2) is 28.9 Å². The van der Waals surface area contributed by atoms with Crippen LogP contribution in [-0.2, 0) is 11.3 Å². The number of carbonyl (C=O) groups is 1. The van der Waals surface area contributed by atoms with Crippen LogP contribution in [0.3, 0.4) is 0 Å². The highest BCUT2D eigenvalue weighted by Gasteiger charge is 2.65. The summed E-state index contributed by atoms with van der Waals surface area (Å²) in [4.78, 5) is 12.1. The molecule has 0 spiro atoms. The maximum absolute atomic E-state index is 13.2. The third-order valence-electron chi connectivity index (χ3n) is 3.14. The van der Waals surface area contributed by atoms with Crippen molar-refractivity contribution >= 4 is 5.91 Å². The Morgan fingerprint density at radius 3 is 2.05 bits per heavy atom. The molecule has 116 valence electrons. The maximum atomic E-state index is 13.2. The van der Waals surface area contributed by atoms with E-state index in [0.717, 1.165) is 12.1 Å². The second-order valence-electron chi connectivity index (χ2n) is 4.86. The highest BCUT2D eigenvalue weighted by molar-refractivity contribution is 5.85. The zero-order chi connectivity index (χ0) is 15.8. The first-order valence-electron chi connectivity index (χ1n) is 6.13. The number of nitrogens with zero attached hydrogens (tertiary/aromatic N) is 1. The van der Waals surface area contributed by atoms with Gasteiger partial charge in [0, 0.05) is 12.6 Å². The molecule has 0 bridgehead atoms.